The largest absolute Gasteiger partial charge is 0.444 e. The summed E-state index contributed by atoms with van der Waals surface area (Å²) in [5.41, 5.74) is -0.427. The lowest BCUT2D eigenvalue weighted by molar-refractivity contribution is 0.00521. The Kier molecular flexibility index (Phi) is 4.38. The molecule has 4 nitrogen and oxygen atoms in total. The van der Waals surface area contributed by atoms with Crippen molar-refractivity contribution < 1.29 is 9.53 Å². The number of rotatable bonds is 3. The van der Waals surface area contributed by atoms with Crippen LogP contribution in [0.5, 0.6) is 0 Å². The summed E-state index contributed by atoms with van der Waals surface area (Å²) in [5.74, 6) is 0. The molecule has 0 aromatic carbocycles. The molecule has 6 heteroatoms. The van der Waals surface area contributed by atoms with Crippen LogP contribution in [0.2, 0.25) is 5.02 Å². The molecule has 1 aliphatic rings. The Balaban J connectivity index is 1.67. The summed E-state index contributed by atoms with van der Waals surface area (Å²) in [6.07, 6.45) is -0.232. The second kappa shape index (κ2) is 5.69. The van der Waals surface area contributed by atoms with Crippen LogP contribution in [0.1, 0.15) is 25.6 Å². The van der Waals surface area contributed by atoms with Crippen LogP contribution in [-0.4, -0.2) is 35.7 Å². The molecule has 1 aliphatic heterocycles. The molecule has 0 bridgehead atoms. The Morgan fingerprint density at radius 1 is 1.58 bits per heavy atom. The highest BCUT2D eigenvalue weighted by Gasteiger charge is 2.33. The maximum absolute atomic E-state index is 11.7. The van der Waals surface area contributed by atoms with E-state index in [2.05, 4.69) is 5.32 Å². The minimum Gasteiger partial charge on any atom is -0.444 e. The Morgan fingerprint density at radius 3 is 2.79 bits per heavy atom. The second-order valence-electron chi connectivity index (χ2n) is 5.69. The predicted octanol–water partition coefficient (Wildman–Crippen LogP) is 3.11. The minimum atomic E-state index is -0.427. The molecule has 1 saturated heterocycles. The van der Waals surface area contributed by atoms with E-state index in [0.717, 1.165) is 11.6 Å². The van der Waals surface area contributed by atoms with Gasteiger partial charge < -0.3 is 15.0 Å². The Labute approximate surface area is 122 Å². The standard InChI is InChI=1S/C13H19ClN2O2S/c1-13(2,3)18-12(17)16-6-10(7-16)15-5-11-4-9(14)8-19-11/h4,8,10,15H,5-7H2,1-3H3. The van der Waals surface area contributed by atoms with Gasteiger partial charge in [-0.3, -0.25) is 0 Å². The fraction of sp³-hybridized carbons (Fsp3) is 0.615. The number of hydrogen-bond donors (Lipinski definition) is 1. The van der Waals surface area contributed by atoms with Crippen molar-refractivity contribution in [3.63, 3.8) is 0 Å². The molecule has 1 amide bonds. The molecule has 1 fully saturated rings. The molecule has 0 aliphatic carbocycles. The number of ether oxygens (including phenoxy) is 1. The summed E-state index contributed by atoms with van der Waals surface area (Å²) in [6.45, 7) is 7.83. The number of amides is 1. The van der Waals surface area contributed by atoms with E-state index >= 15 is 0 Å². The average molecular weight is 303 g/mol. The van der Waals surface area contributed by atoms with Crippen LogP contribution in [0.3, 0.4) is 0 Å². The normalized spacial score (nSPS) is 16.3. The van der Waals surface area contributed by atoms with E-state index in [9.17, 15) is 4.79 Å². The Hall–Kier alpha value is -0.780. The summed E-state index contributed by atoms with van der Waals surface area (Å²) in [5, 5.41) is 6.10. The van der Waals surface area contributed by atoms with Crippen molar-refractivity contribution in [3.05, 3.63) is 21.3 Å². The number of thiophene rings is 1. The van der Waals surface area contributed by atoms with Crippen molar-refractivity contribution in [2.24, 2.45) is 0 Å². The third kappa shape index (κ3) is 4.37. The third-order valence-corrected chi connectivity index (χ3v) is 4.00. The van der Waals surface area contributed by atoms with Gasteiger partial charge in [-0.15, -0.1) is 11.3 Å². The van der Waals surface area contributed by atoms with Gasteiger partial charge in [-0.25, -0.2) is 4.79 Å². The van der Waals surface area contributed by atoms with E-state index in [0.29, 0.717) is 19.1 Å². The van der Waals surface area contributed by atoms with Crippen molar-refractivity contribution in [3.8, 4) is 0 Å². The molecular weight excluding hydrogens is 284 g/mol. The molecule has 2 rings (SSSR count). The van der Waals surface area contributed by atoms with E-state index < -0.39 is 5.60 Å². The molecule has 0 saturated carbocycles. The maximum Gasteiger partial charge on any atom is 0.410 e. The van der Waals surface area contributed by atoms with Crippen molar-refractivity contribution in [1.82, 2.24) is 10.2 Å². The molecule has 106 valence electrons. The molecule has 19 heavy (non-hydrogen) atoms. The average Bonchev–Trinajstić information content (AvgIpc) is 2.59. The highest BCUT2D eigenvalue weighted by atomic mass is 35.5. The van der Waals surface area contributed by atoms with Gasteiger partial charge in [0, 0.05) is 35.9 Å². The number of halogens is 1. The van der Waals surface area contributed by atoms with Crippen LogP contribution < -0.4 is 5.32 Å². The van der Waals surface area contributed by atoms with E-state index in [4.69, 9.17) is 16.3 Å². The lowest BCUT2D eigenvalue weighted by atomic mass is 10.1. The van der Waals surface area contributed by atoms with Gasteiger partial charge in [-0.2, -0.15) is 0 Å². The minimum absolute atomic E-state index is 0.232. The SMILES string of the molecule is CC(C)(C)OC(=O)N1CC(NCc2cc(Cl)cs2)C1. The number of nitrogens with one attached hydrogen (secondary N) is 1. The summed E-state index contributed by atoms with van der Waals surface area (Å²) in [4.78, 5) is 14.6. The number of nitrogens with zero attached hydrogens (tertiary/aromatic N) is 1. The quantitative estimate of drug-likeness (QED) is 0.933. The summed E-state index contributed by atoms with van der Waals surface area (Å²) in [6, 6.07) is 2.30. The number of carbonyl (C=O) groups excluding carboxylic acids is 1. The van der Waals surface area contributed by atoms with E-state index in [-0.39, 0.29) is 6.09 Å². The van der Waals surface area contributed by atoms with E-state index in [1.54, 1.807) is 16.2 Å². The van der Waals surface area contributed by atoms with E-state index in [1.165, 1.54) is 4.88 Å². The molecule has 1 aromatic heterocycles. The molecule has 0 atom stereocenters. The van der Waals surface area contributed by atoms with Gasteiger partial charge in [0.25, 0.3) is 0 Å². The molecule has 0 spiro atoms. The van der Waals surface area contributed by atoms with Gasteiger partial charge in [-0.1, -0.05) is 11.6 Å². The second-order valence-corrected chi connectivity index (χ2v) is 7.13. The van der Waals surface area contributed by atoms with Crippen LogP contribution in [0.15, 0.2) is 11.4 Å². The summed E-state index contributed by atoms with van der Waals surface area (Å²) < 4.78 is 5.30. The number of hydrogen-bond acceptors (Lipinski definition) is 4. The Bertz CT molecular complexity index is 450. The van der Waals surface area contributed by atoms with Crippen LogP contribution in [-0.2, 0) is 11.3 Å². The zero-order chi connectivity index (χ0) is 14.0. The van der Waals surface area contributed by atoms with Gasteiger partial charge in [-0.05, 0) is 26.8 Å². The van der Waals surface area contributed by atoms with Crippen LogP contribution in [0.25, 0.3) is 0 Å². The fourth-order valence-corrected chi connectivity index (χ4v) is 2.80. The van der Waals surface area contributed by atoms with Crippen molar-refractivity contribution >= 4 is 29.0 Å². The van der Waals surface area contributed by atoms with E-state index in [1.807, 2.05) is 32.2 Å². The van der Waals surface area contributed by atoms with Crippen molar-refractivity contribution in [2.75, 3.05) is 13.1 Å². The first-order chi connectivity index (χ1) is 8.83. The topological polar surface area (TPSA) is 41.6 Å². The van der Waals surface area contributed by atoms with Gasteiger partial charge in [0.05, 0.1) is 5.02 Å². The van der Waals surface area contributed by atoms with Crippen molar-refractivity contribution in [1.29, 1.82) is 0 Å². The molecular formula is C13H19ClN2O2S. The zero-order valence-electron chi connectivity index (χ0n) is 11.4. The molecule has 2 heterocycles. The lowest BCUT2D eigenvalue weighted by Crippen LogP contribution is -2.60. The zero-order valence-corrected chi connectivity index (χ0v) is 13.0. The first kappa shape index (κ1) is 14.6. The van der Waals surface area contributed by atoms with Gasteiger partial charge in [0.2, 0.25) is 0 Å². The fourth-order valence-electron chi connectivity index (χ4n) is 1.77. The van der Waals surface area contributed by atoms with Crippen LogP contribution >= 0.6 is 22.9 Å². The van der Waals surface area contributed by atoms with Crippen LogP contribution in [0.4, 0.5) is 4.79 Å². The predicted molar refractivity (Wildman–Crippen MR) is 77.8 cm³/mol. The number of carbonyl (C=O) groups is 1. The van der Waals surface area contributed by atoms with Gasteiger partial charge >= 0.3 is 6.09 Å². The first-order valence-electron chi connectivity index (χ1n) is 6.28. The molecule has 1 aromatic rings. The van der Waals surface area contributed by atoms with Gasteiger partial charge in [0.15, 0.2) is 0 Å². The smallest absolute Gasteiger partial charge is 0.410 e. The molecule has 0 unspecified atom stereocenters. The monoisotopic (exact) mass is 302 g/mol. The summed E-state index contributed by atoms with van der Waals surface area (Å²) >= 11 is 7.50. The highest BCUT2D eigenvalue weighted by molar-refractivity contribution is 7.10. The molecule has 1 N–H and O–H groups in total. The maximum atomic E-state index is 11.7. The first-order valence-corrected chi connectivity index (χ1v) is 7.53. The number of likely N-dealkylation sites (tertiary alicyclic amines) is 1. The lowest BCUT2D eigenvalue weighted by Gasteiger charge is -2.40. The highest BCUT2D eigenvalue weighted by Crippen LogP contribution is 2.20. The Morgan fingerprint density at radius 2 is 2.26 bits per heavy atom. The van der Waals surface area contributed by atoms with Crippen LogP contribution in [0, 0.1) is 0 Å². The van der Waals surface area contributed by atoms with Crippen molar-refractivity contribution in [2.45, 2.75) is 39.0 Å². The summed E-state index contributed by atoms with van der Waals surface area (Å²) in [7, 11) is 0. The van der Waals surface area contributed by atoms with Gasteiger partial charge in [0.1, 0.15) is 5.60 Å². The third-order valence-electron chi connectivity index (χ3n) is 2.72. The molecule has 0 radical (unpaired) electrons.